The summed E-state index contributed by atoms with van der Waals surface area (Å²) in [6, 6.07) is 7.42. The van der Waals surface area contributed by atoms with E-state index in [9.17, 15) is 8.78 Å². The van der Waals surface area contributed by atoms with Crippen molar-refractivity contribution in [1.82, 2.24) is 5.32 Å². The molecule has 0 aromatic heterocycles. The van der Waals surface area contributed by atoms with Crippen molar-refractivity contribution in [2.75, 3.05) is 40.7 Å². The summed E-state index contributed by atoms with van der Waals surface area (Å²) in [6.07, 6.45) is 2.62. The summed E-state index contributed by atoms with van der Waals surface area (Å²) in [5, 5.41) is 10.1. The minimum absolute atomic E-state index is 0. The summed E-state index contributed by atoms with van der Waals surface area (Å²) < 4.78 is 35.3. The molecule has 29 heavy (non-hydrogen) atoms. The zero-order valence-corrected chi connectivity index (χ0v) is 19.4. The topological polar surface area (TPSA) is 50.7 Å². The summed E-state index contributed by atoms with van der Waals surface area (Å²) in [4.78, 5) is 0. The first-order valence-electron chi connectivity index (χ1n) is 10.4. The lowest BCUT2D eigenvalue weighted by Crippen LogP contribution is -2.21. The van der Waals surface area contributed by atoms with Crippen LogP contribution in [-0.4, -0.2) is 51.9 Å². The Labute approximate surface area is 178 Å². The van der Waals surface area contributed by atoms with Gasteiger partial charge in [0.25, 0.3) is 0 Å². The maximum atomic E-state index is 12.3. The van der Waals surface area contributed by atoms with Gasteiger partial charge in [-0.2, -0.15) is 0 Å². The number of ether oxygens (including phenoxy) is 2. The smallest absolute Gasteiger partial charge is 0.155 e. The Hall–Kier alpha value is -1.24. The fourth-order valence-corrected chi connectivity index (χ4v) is 2.02. The van der Waals surface area contributed by atoms with E-state index in [0.29, 0.717) is 11.2 Å². The zero-order valence-electron chi connectivity index (χ0n) is 19.4. The van der Waals surface area contributed by atoms with E-state index in [1.165, 1.54) is 19.3 Å². The number of unbranched alkanes of at least 4 members (excludes halogenated alkanes) is 1. The summed E-state index contributed by atoms with van der Waals surface area (Å²) >= 11 is 0. The largest absolute Gasteiger partial charge is 0.485 e. The van der Waals surface area contributed by atoms with Gasteiger partial charge in [0.15, 0.2) is 6.10 Å². The number of rotatable bonds is 12. The summed E-state index contributed by atoms with van der Waals surface area (Å²) in [7, 11) is 2.85. The predicted molar refractivity (Wildman–Crippen MR) is 120 cm³/mol. The van der Waals surface area contributed by atoms with Gasteiger partial charge >= 0.3 is 0 Å². The van der Waals surface area contributed by atoms with Crippen LogP contribution in [0.4, 0.5) is 8.78 Å². The zero-order chi connectivity index (χ0) is 22.7. The SMILES string of the molecule is CCCCOCC(C)(C)CC.CN[C@H](C)c1cccc(OC(CF)CF)c1.CO.[HH]. The van der Waals surface area contributed by atoms with Gasteiger partial charge in [0, 0.05) is 21.2 Å². The Morgan fingerprint density at radius 3 is 2.28 bits per heavy atom. The van der Waals surface area contributed by atoms with E-state index < -0.39 is 19.5 Å². The minimum atomic E-state index is -1.000. The van der Waals surface area contributed by atoms with Crippen LogP contribution in [0.15, 0.2) is 24.3 Å². The molecule has 0 spiro atoms. The molecular weight excluding hydrogens is 376 g/mol. The molecule has 4 nitrogen and oxygen atoms in total. The molecule has 174 valence electrons. The van der Waals surface area contributed by atoms with Crippen molar-refractivity contribution in [3.05, 3.63) is 29.8 Å². The fourth-order valence-electron chi connectivity index (χ4n) is 2.02. The molecule has 0 aliphatic rings. The lowest BCUT2D eigenvalue weighted by Gasteiger charge is -2.21. The van der Waals surface area contributed by atoms with E-state index in [2.05, 4.69) is 33.0 Å². The number of aliphatic hydroxyl groups is 1. The van der Waals surface area contributed by atoms with E-state index in [1.807, 2.05) is 26.1 Å². The van der Waals surface area contributed by atoms with E-state index in [-0.39, 0.29) is 7.47 Å². The van der Waals surface area contributed by atoms with Gasteiger partial charge in [-0.3, -0.25) is 0 Å². The summed E-state index contributed by atoms with van der Waals surface area (Å²) in [5.74, 6) is 0.500. The second kappa shape index (κ2) is 18.8. The highest BCUT2D eigenvalue weighted by atomic mass is 19.1. The third kappa shape index (κ3) is 15.3. The Morgan fingerprint density at radius 2 is 1.79 bits per heavy atom. The molecule has 0 radical (unpaired) electrons. The van der Waals surface area contributed by atoms with Crippen molar-refractivity contribution in [2.45, 2.75) is 66.0 Å². The molecule has 1 aromatic carbocycles. The molecule has 0 unspecified atom stereocenters. The first kappa shape index (κ1) is 30.0. The van der Waals surface area contributed by atoms with Gasteiger partial charge < -0.3 is 19.9 Å². The molecule has 2 N–H and O–H groups in total. The predicted octanol–water partition coefficient (Wildman–Crippen LogP) is 5.75. The highest BCUT2D eigenvalue weighted by Crippen LogP contribution is 2.20. The van der Waals surface area contributed by atoms with Gasteiger partial charge in [0.2, 0.25) is 0 Å². The van der Waals surface area contributed by atoms with Crippen LogP contribution < -0.4 is 10.1 Å². The van der Waals surface area contributed by atoms with Gasteiger partial charge in [-0.05, 0) is 49.9 Å². The maximum Gasteiger partial charge on any atom is 0.155 e. The minimum Gasteiger partial charge on any atom is -0.485 e. The maximum absolute atomic E-state index is 12.3. The van der Waals surface area contributed by atoms with Crippen molar-refractivity contribution >= 4 is 0 Å². The number of hydrogen-bond donors (Lipinski definition) is 2. The van der Waals surface area contributed by atoms with Crippen molar-refractivity contribution < 1.29 is 24.8 Å². The second-order valence-electron chi connectivity index (χ2n) is 7.56. The molecule has 0 bridgehead atoms. The third-order valence-corrected chi connectivity index (χ3v) is 4.53. The highest BCUT2D eigenvalue weighted by molar-refractivity contribution is 5.30. The van der Waals surface area contributed by atoms with E-state index in [0.717, 1.165) is 25.9 Å². The van der Waals surface area contributed by atoms with Crippen molar-refractivity contribution in [3.63, 3.8) is 0 Å². The molecule has 0 saturated carbocycles. The number of halogens is 2. The first-order chi connectivity index (χ1) is 13.8. The van der Waals surface area contributed by atoms with Gasteiger partial charge in [-0.1, -0.05) is 46.2 Å². The second-order valence-corrected chi connectivity index (χ2v) is 7.56. The standard InChI is InChI=1S/C12H17F2NO.C10H22O.CH4O.H2/c1-9(15-2)10-4-3-5-11(6-10)16-12(7-13)8-14;1-5-7-8-11-9-10(3,4)6-2;1-2;/h3-6,9,12,15H,7-8H2,1-2H3;5-9H2,1-4H3;2H,1H3;1H/t9-;;;/m1.../s1. The molecule has 1 atom stereocenters. The van der Waals surface area contributed by atoms with Crippen LogP contribution in [0.25, 0.3) is 0 Å². The monoisotopic (exact) mass is 421 g/mol. The lowest BCUT2D eigenvalue weighted by atomic mass is 9.92. The molecule has 0 fully saturated rings. The van der Waals surface area contributed by atoms with Gasteiger partial charge in [0.1, 0.15) is 19.1 Å². The average Bonchev–Trinajstić information content (AvgIpc) is 2.76. The van der Waals surface area contributed by atoms with Crippen LogP contribution >= 0.6 is 0 Å². The van der Waals surface area contributed by atoms with Gasteiger partial charge in [-0.15, -0.1) is 0 Å². The van der Waals surface area contributed by atoms with Crippen LogP contribution in [0, 0.1) is 5.41 Å². The number of hydrogen-bond acceptors (Lipinski definition) is 4. The summed E-state index contributed by atoms with van der Waals surface area (Å²) in [5.41, 5.74) is 1.39. The van der Waals surface area contributed by atoms with Crippen LogP contribution in [-0.2, 0) is 4.74 Å². The van der Waals surface area contributed by atoms with E-state index in [1.54, 1.807) is 12.1 Å². The first-order valence-corrected chi connectivity index (χ1v) is 10.4. The van der Waals surface area contributed by atoms with Crippen LogP contribution in [0.2, 0.25) is 0 Å². The number of benzene rings is 1. The van der Waals surface area contributed by atoms with Gasteiger partial charge in [-0.25, -0.2) is 8.78 Å². The molecule has 6 heteroatoms. The normalized spacial score (nSPS) is 11.8. The van der Waals surface area contributed by atoms with Gasteiger partial charge in [0.05, 0.1) is 6.61 Å². The van der Waals surface area contributed by atoms with Crippen LogP contribution in [0.1, 0.15) is 66.9 Å². The molecule has 0 aliphatic carbocycles. The van der Waals surface area contributed by atoms with Crippen molar-refractivity contribution in [3.8, 4) is 5.75 Å². The highest BCUT2D eigenvalue weighted by Gasteiger charge is 2.14. The quantitative estimate of drug-likeness (QED) is 0.422. The third-order valence-electron chi connectivity index (χ3n) is 4.53. The molecule has 1 aromatic rings. The Morgan fingerprint density at radius 1 is 1.17 bits per heavy atom. The van der Waals surface area contributed by atoms with Crippen LogP contribution in [0.5, 0.6) is 5.75 Å². The Kier molecular flexibility index (Phi) is 19.4. The number of aliphatic hydroxyl groups excluding tert-OH is 1. The van der Waals surface area contributed by atoms with E-state index in [4.69, 9.17) is 14.6 Å². The molecule has 0 amide bonds. The molecular formula is C23H45F2NO3. The molecule has 0 heterocycles. The van der Waals surface area contributed by atoms with Crippen molar-refractivity contribution in [2.24, 2.45) is 5.41 Å². The average molecular weight is 422 g/mol. The fraction of sp³-hybridized carbons (Fsp3) is 0.739. The van der Waals surface area contributed by atoms with Crippen LogP contribution in [0.3, 0.4) is 0 Å². The Balaban J connectivity index is -0.000000460. The lowest BCUT2D eigenvalue weighted by molar-refractivity contribution is 0.0587. The molecule has 1 rings (SSSR count). The van der Waals surface area contributed by atoms with E-state index >= 15 is 0 Å². The molecule has 0 saturated heterocycles. The molecule has 0 aliphatic heterocycles. The number of nitrogens with one attached hydrogen (secondary N) is 1. The van der Waals surface area contributed by atoms with Crippen molar-refractivity contribution in [1.29, 1.82) is 0 Å². The summed E-state index contributed by atoms with van der Waals surface area (Å²) in [6.45, 7) is 11.1. The Bertz CT molecular complexity index is 489. The number of alkyl halides is 2.